The Morgan fingerprint density at radius 1 is 0.654 bits per heavy atom. The van der Waals surface area contributed by atoms with Crippen molar-refractivity contribution in [3.8, 4) is 11.1 Å². The summed E-state index contributed by atoms with van der Waals surface area (Å²) in [7, 11) is 0. The van der Waals surface area contributed by atoms with Gasteiger partial charge >= 0.3 is 0 Å². The number of rotatable bonds is 2. The van der Waals surface area contributed by atoms with Crippen LogP contribution < -0.4 is 0 Å². The lowest BCUT2D eigenvalue weighted by Crippen LogP contribution is -1.94. The van der Waals surface area contributed by atoms with Gasteiger partial charge in [0, 0.05) is 10.8 Å². The second-order valence-corrected chi connectivity index (χ2v) is 7.18. The van der Waals surface area contributed by atoms with Crippen molar-refractivity contribution < 1.29 is 4.42 Å². The van der Waals surface area contributed by atoms with Crippen LogP contribution in [0.15, 0.2) is 83.3 Å². The van der Waals surface area contributed by atoms with Gasteiger partial charge in [0.25, 0.3) is 0 Å². The van der Waals surface area contributed by atoms with Crippen molar-refractivity contribution in [3.05, 3.63) is 84.4 Å². The molecule has 0 aliphatic carbocycles. The highest BCUT2D eigenvalue weighted by molar-refractivity contribution is 6.16. The molecule has 126 valence electrons. The molecule has 0 fully saturated rings. The van der Waals surface area contributed by atoms with Gasteiger partial charge in [-0.1, -0.05) is 80.6 Å². The molecule has 0 saturated carbocycles. The van der Waals surface area contributed by atoms with Crippen LogP contribution in [-0.4, -0.2) is 0 Å². The van der Waals surface area contributed by atoms with Gasteiger partial charge in [0.2, 0.25) is 0 Å². The van der Waals surface area contributed by atoms with Crippen molar-refractivity contribution >= 4 is 32.7 Å². The first kappa shape index (κ1) is 15.2. The smallest absolute Gasteiger partial charge is 0.136 e. The maximum atomic E-state index is 6.16. The summed E-state index contributed by atoms with van der Waals surface area (Å²) >= 11 is 0. The van der Waals surface area contributed by atoms with E-state index in [0.717, 1.165) is 11.2 Å². The summed E-state index contributed by atoms with van der Waals surface area (Å²) in [5.74, 6) is 0.432. The third kappa shape index (κ3) is 2.17. The fourth-order valence-electron chi connectivity index (χ4n) is 4.05. The predicted molar refractivity (Wildman–Crippen MR) is 111 cm³/mol. The second-order valence-electron chi connectivity index (χ2n) is 7.18. The molecule has 1 aromatic heterocycles. The summed E-state index contributed by atoms with van der Waals surface area (Å²) in [6.07, 6.45) is 0. The average Bonchev–Trinajstić information content (AvgIpc) is 3.05. The van der Waals surface area contributed by atoms with Gasteiger partial charge in [-0.3, -0.25) is 0 Å². The van der Waals surface area contributed by atoms with Crippen LogP contribution in [0.2, 0.25) is 0 Å². The van der Waals surface area contributed by atoms with E-state index in [1.54, 1.807) is 0 Å². The Bertz CT molecular complexity index is 1250. The molecule has 0 aliphatic rings. The summed E-state index contributed by atoms with van der Waals surface area (Å²) < 4.78 is 6.16. The van der Waals surface area contributed by atoms with Gasteiger partial charge in [0.15, 0.2) is 0 Å². The van der Waals surface area contributed by atoms with Crippen LogP contribution >= 0.6 is 0 Å². The number of para-hydroxylation sites is 1. The first-order chi connectivity index (χ1) is 12.7. The zero-order valence-electron chi connectivity index (χ0n) is 15.0. The Morgan fingerprint density at radius 2 is 1.38 bits per heavy atom. The van der Waals surface area contributed by atoms with E-state index in [0.29, 0.717) is 5.92 Å². The summed E-state index contributed by atoms with van der Waals surface area (Å²) in [4.78, 5) is 0. The Labute approximate surface area is 152 Å². The molecular formula is C25H20O. The molecule has 0 saturated heterocycles. The lowest BCUT2D eigenvalue weighted by atomic mass is 9.87. The van der Waals surface area contributed by atoms with Crippen molar-refractivity contribution in [2.75, 3.05) is 0 Å². The van der Waals surface area contributed by atoms with E-state index >= 15 is 0 Å². The largest absolute Gasteiger partial charge is 0.456 e. The maximum absolute atomic E-state index is 6.16. The number of fused-ring (bicyclic) bond motifs is 4. The lowest BCUT2D eigenvalue weighted by Gasteiger charge is -2.16. The Hall–Kier alpha value is -3.06. The van der Waals surface area contributed by atoms with E-state index in [-0.39, 0.29) is 0 Å². The van der Waals surface area contributed by atoms with Crippen LogP contribution in [0.25, 0.3) is 43.8 Å². The van der Waals surface area contributed by atoms with Gasteiger partial charge in [-0.2, -0.15) is 0 Å². The van der Waals surface area contributed by atoms with Crippen LogP contribution in [0, 0.1) is 0 Å². The molecule has 5 rings (SSSR count). The predicted octanol–water partition coefficient (Wildman–Crippen LogP) is 7.53. The fourth-order valence-corrected chi connectivity index (χ4v) is 4.05. The third-order valence-corrected chi connectivity index (χ3v) is 5.26. The Balaban J connectivity index is 2.01. The zero-order valence-corrected chi connectivity index (χ0v) is 15.0. The highest BCUT2D eigenvalue weighted by Crippen LogP contribution is 2.43. The van der Waals surface area contributed by atoms with Crippen LogP contribution in [0.4, 0.5) is 0 Å². The van der Waals surface area contributed by atoms with Gasteiger partial charge in [-0.15, -0.1) is 0 Å². The molecule has 1 nitrogen and oxygen atoms in total. The second kappa shape index (κ2) is 5.74. The molecule has 0 spiro atoms. The normalized spacial score (nSPS) is 11.8. The molecule has 0 unspecified atom stereocenters. The Kier molecular flexibility index (Phi) is 3.36. The highest BCUT2D eigenvalue weighted by atomic mass is 16.3. The third-order valence-electron chi connectivity index (χ3n) is 5.26. The van der Waals surface area contributed by atoms with Crippen molar-refractivity contribution in [2.24, 2.45) is 0 Å². The number of benzene rings is 4. The average molecular weight is 336 g/mol. The minimum absolute atomic E-state index is 0.432. The van der Waals surface area contributed by atoms with Crippen molar-refractivity contribution in [2.45, 2.75) is 19.8 Å². The van der Waals surface area contributed by atoms with E-state index in [1.165, 1.54) is 38.2 Å². The summed E-state index contributed by atoms with van der Waals surface area (Å²) in [5, 5.41) is 4.97. The van der Waals surface area contributed by atoms with Crippen LogP contribution in [0.3, 0.4) is 0 Å². The Morgan fingerprint density at radius 3 is 2.23 bits per heavy atom. The highest BCUT2D eigenvalue weighted by Gasteiger charge is 2.19. The first-order valence-corrected chi connectivity index (χ1v) is 9.16. The topological polar surface area (TPSA) is 13.1 Å². The minimum atomic E-state index is 0.432. The number of furan rings is 1. The first-order valence-electron chi connectivity index (χ1n) is 9.16. The molecule has 0 aliphatic heterocycles. The van der Waals surface area contributed by atoms with Gasteiger partial charge in [0.05, 0.1) is 0 Å². The van der Waals surface area contributed by atoms with Crippen LogP contribution in [-0.2, 0) is 0 Å². The van der Waals surface area contributed by atoms with E-state index in [2.05, 4.69) is 86.6 Å². The SMILES string of the molecule is CC(C)c1ccc2oc3ccccc3c2c1-c1cccc2ccccc12. The minimum Gasteiger partial charge on any atom is -0.456 e. The molecule has 1 heterocycles. The van der Waals surface area contributed by atoms with Gasteiger partial charge in [-0.05, 0) is 45.5 Å². The zero-order chi connectivity index (χ0) is 17.7. The summed E-state index contributed by atoms with van der Waals surface area (Å²) in [5.41, 5.74) is 5.85. The van der Waals surface area contributed by atoms with Crippen LogP contribution in [0.1, 0.15) is 25.3 Å². The molecule has 0 amide bonds. The molecule has 5 aromatic rings. The summed E-state index contributed by atoms with van der Waals surface area (Å²) in [6.45, 7) is 4.52. The van der Waals surface area contributed by atoms with Crippen molar-refractivity contribution in [1.29, 1.82) is 0 Å². The van der Waals surface area contributed by atoms with E-state index in [1.807, 2.05) is 6.07 Å². The van der Waals surface area contributed by atoms with E-state index in [9.17, 15) is 0 Å². The monoisotopic (exact) mass is 336 g/mol. The van der Waals surface area contributed by atoms with Crippen molar-refractivity contribution in [3.63, 3.8) is 0 Å². The molecule has 0 N–H and O–H groups in total. The number of hydrogen-bond acceptors (Lipinski definition) is 1. The van der Waals surface area contributed by atoms with E-state index in [4.69, 9.17) is 4.42 Å². The van der Waals surface area contributed by atoms with Gasteiger partial charge in [0.1, 0.15) is 11.2 Å². The maximum Gasteiger partial charge on any atom is 0.136 e. The van der Waals surface area contributed by atoms with Crippen LogP contribution in [0.5, 0.6) is 0 Å². The molecule has 26 heavy (non-hydrogen) atoms. The van der Waals surface area contributed by atoms with E-state index < -0.39 is 0 Å². The molecule has 4 aromatic carbocycles. The van der Waals surface area contributed by atoms with Gasteiger partial charge in [-0.25, -0.2) is 0 Å². The molecule has 0 atom stereocenters. The molecule has 1 heteroatoms. The summed E-state index contributed by atoms with van der Waals surface area (Å²) in [6, 6.07) is 27.9. The quantitative estimate of drug-likeness (QED) is 0.325. The fraction of sp³-hybridized carbons (Fsp3) is 0.120. The van der Waals surface area contributed by atoms with Gasteiger partial charge < -0.3 is 4.42 Å². The van der Waals surface area contributed by atoms with Crippen molar-refractivity contribution in [1.82, 2.24) is 0 Å². The molecule has 0 bridgehead atoms. The molecular weight excluding hydrogens is 316 g/mol. The number of hydrogen-bond donors (Lipinski definition) is 0. The lowest BCUT2D eigenvalue weighted by molar-refractivity contribution is 0.668. The molecule has 0 radical (unpaired) electrons. The standard InChI is InChI=1S/C25H20O/c1-16(2)18-14-15-23-25(21-11-5-6-13-22(21)26-23)24(18)20-12-7-9-17-8-3-4-10-19(17)20/h3-16H,1-2H3.